The van der Waals surface area contributed by atoms with Crippen LogP contribution in [0.25, 0.3) is 75.1 Å². The molecule has 0 radical (unpaired) electrons. The average molecular weight is 644 g/mol. The summed E-state index contributed by atoms with van der Waals surface area (Å²) in [5.41, 5.74) is 9.79. The molecule has 2 nitrogen and oxygen atoms in total. The van der Waals surface area contributed by atoms with Crippen LogP contribution in [0.1, 0.15) is 0 Å². The van der Waals surface area contributed by atoms with Crippen LogP contribution < -0.4 is 4.90 Å². The van der Waals surface area contributed by atoms with Gasteiger partial charge in [0.05, 0.1) is 11.4 Å². The van der Waals surface area contributed by atoms with Gasteiger partial charge in [-0.15, -0.1) is 11.3 Å². The van der Waals surface area contributed by atoms with E-state index in [4.69, 9.17) is 4.42 Å². The largest absolute Gasteiger partial charge is 0.454 e. The van der Waals surface area contributed by atoms with E-state index in [1.807, 2.05) is 23.5 Å². The number of para-hydroxylation sites is 2. The molecule has 0 saturated heterocycles. The van der Waals surface area contributed by atoms with Gasteiger partial charge in [-0.2, -0.15) is 0 Å². The fourth-order valence-electron chi connectivity index (χ4n) is 7.28. The van der Waals surface area contributed by atoms with E-state index in [9.17, 15) is 0 Å². The predicted octanol–water partition coefficient (Wildman–Crippen LogP) is 13.9. The zero-order valence-corrected chi connectivity index (χ0v) is 27.3. The maximum atomic E-state index is 6.56. The molecule has 2 aromatic heterocycles. The van der Waals surface area contributed by atoms with E-state index in [1.54, 1.807) is 0 Å². The molecule has 0 saturated carbocycles. The first-order valence-electron chi connectivity index (χ1n) is 16.6. The molecule has 0 aliphatic rings. The third-order valence-corrected chi connectivity index (χ3v) is 10.8. The summed E-state index contributed by atoms with van der Waals surface area (Å²) in [5.74, 6) is 0. The Morgan fingerprint density at radius 3 is 1.80 bits per heavy atom. The number of rotatable bonds is 5. The zero-order chi connectivity index (χ0) is 32.3. The number of thiophene rings is 1. The molecule has 2 heterocycles. The first kappa shape index (κ1) is 27.9. The summed E-state index contributed by atoms with van der Waals surface area (Å²) in [6, 6.07) is 63.2. The molecule has 0 fully saturated rings. The van der Waals surface area contributed by atoms with Crippen LogP contribution in [-0.2, 0) is 0 Å². The van der Waals surface area contributed by atoms with E-state index in [-0.39, 0.29) is 0 Å². The van der Waals surface area contributed by atoms with E-state index in [0.717, 1.165) is 39.0 Å². The lowest BCUT2D eigenvalue weighted by atomic mass is 9.98. The third-order valence-electron chi connectivity index (χ3n) is 9.69. The Labute approximate surface area is 287 Å². The smallest absolute Gasteiger partial charge is 0.159 e. The Balaban J connectivity index is 1.05. The molecule has 230 valence electrons. The minimum Gasteiger partial charge on any atom is -0.454 e. The predicted molar refractivity (Wildman–Crippen MR) is 210 cm³/mol. The number of anilines is 3. The van der Waals surface area contributed by atoms with Gasteiger partial charge < -0.3 is 9.32 Å². The lowest BCUT2D eigenvalue weighted by molar-refractivity contribution is 0.669. The lowest BCUT2D eigenvalue weighted by Crippen LogP contribution is -2.10. The quantitative estimate of drug-likeness (QED) is 0.186. The van der Waals surface area contributed by atoms with Gasteiger partial charge in [0.25, 0.3) is 0 Å². The molecule has 0 aliphatic carbocycles. The summed E-state index contributed by atoms with van der Waals surface area (Å²) < 4.78 is 9.22. The summed E-state index contributed by atoms with van der Waals surface area (Å²) in [6.45, 7) is 0. The van der Waals surface area contributed by atoms with Gasteiger partial charge >= 0.3 is 0 Å². The van der Waals surface area contributed by atoms with Crippen molar-refractivity contribution in [2.45, 2.75) is 0 Å². The summed E-state index contributed by atoms with van der Waals surface area (Å²) >= 11 is 1.86. The molecule has 8 aromatic carbocycles. The number of fused-ring (bicyclic) bond motifs is 7. The minimum atomic E-state index is 0.880. The van der Waals surface area contributed by atoms with Crippen molar-refractivity contribution in [3.8, 4) is 22.3 Å². The highest BCUT2D eigenvalue weighted by Gasteiger charge is 2.21. The number of furan rings is 1. The third kappa shape index (κ3) is 4.62. The van der Waals surface area contributed by atoms with Gasteiger partial charge in [-0.25, -0.2) is 0 Å². The van der Waals surface area contributed by atoms with Crippen molar-refractivity contribution in [2.75, 3.05) is 4.90 Å². The molecule has 10 rings (SSSR count). The molecule has 0 N–H and O–H groups in total. The molecule has 49 heavy (non-hydrogen) atoms. The van der Waals surface area contributed by atoms with E-state index >= 15 is 0 Å². The topological polar surface area (TPSA) is 16.4 Å². The lowest BCUT2D eigenvalue weighted by Gasteiger charge is -2.27. The fourth-order valence-corrected chi connectivity index (χ4v) is 8.37. The molecule has 0 spiro atoms. The van der Waals surface area contributed by atoms with Crippen LogP contribution >= 0.6 is 11.3 Å². The summed E-state index contributed by atoms with van der Waals surface area (Å²) in [5, 5.41) is 7.28. The Morgan fingerprint density at radius 2 is 0.959 bits per heavy atom. The number of benzene rings is 8. The second kappa shape index (κ2) is 11.2. The van der Waals surface area contributed by atoms with Crippen LogP contribution in [0.2, 0.25) is 0 Å². The Morgan fingerprint density at radius 1 is 0.388 bits per heavy atom. The van der Waals surface area contributed by atoms with E-state index < -0.39 is 0 Å². The molecule has 0 amide bonds. The summed E-state index contributed by atoms with van der Waals surface area (Å²) in [6.07, 6.45) is 0. The van der Waals surface area contributed by atoms with Gasteiger partial charge in [-0.1, -0.05) is 127 Å². The van der Waals surface area contributed by atoms with Gasteiger partial charge in [0.15, 0.2) is 5.58 Å². The molecular formula is C46H29NOS. The Hall–Kier alpha value is -6.16. The minimum absolute atomic E-state index is 0.880. The fraction of sp³-hybridized carbons (Fsp3) is 0. The zero-order valence-electron chi connectivity index (χ0n) is 26.5. The highest BCUT2D eigenvalue weighted by atomic mass is 32.1. The van der Waals surface area contributed by atoms with E-state index in [2.05, 4.69) is 169 Å². The van der Waals surface area contributed by atoms with Gasteiger partial charge in [-0.3, -0.25) is 0 Å². The van der Waals surface area contributed by atoms with Crippen LogP contribution in [0.15, 0.2) is 180 Å². The van der Waals surface area contributed by atoms with Crippen LogP contribution in [0.3, 0.4) is 0 Å². The van der Waals surface area contributed by atoms with Crippen LogP contribution in [0.5, 0.6) is 0 Å². The number of hydrogen-bond donors (Lipinski definition) is 0. The van der Waals surface area contributed by atoms with Gasteiger partial charge in [0.1, 0.15) is 5.58 Å². The Bertz CT molecular complexity index is 2820. The maximum Gasteiger partial charge on any atom is 0.159 e. The molecule has 0 atom stereocenters. The first-order chi connectivity index (χ1) is 24.3. The van der Waals surface area contributed by atoms with Crippen molar-refractivity contribution in [3.63, 3.8) is 0 Å². The second-order valence-electron chi connectivity index (χ2n) is 12.5. The number of hydrogen-bond acceptors (Lipinski definition) is 3. The van der Waals surface area contributed by atoms with Crippen LogP contribution in [0, 0.1) is 0 Å². The molecule has 10 aromatic rings. The van der Waals surface area contributed by atoms with Gasteiger partial charge in [0.2, 0.25) is 0 Å². The van der Waals surface area contributed by atoms with Crippen molar-refractivity contribution < 1.29 is 4.42 Å². The second-order valence-corrected chi connectivity index (χ2v) is 13.6. The summed E-state index contributed by atoms with van der Waals surface area (Å²) in [7, 11) is 0. The highest BCUT2D eigenvalue weighted by molar-refractivity contribution is 7.25. The van der Waals surface area contributed by atoms with E-state index in [1.165, 1.54) is 53.2 Å². The number of nitrogens with zero attached hydrogens (tertiary/aromatic N) is 1. The van der Waals surface area contributed by atoms with E-state index in [0.29, 0.717) is 0 Å². The monoisotopic (exact) mass is 643 g/mol. The van der Waals surface area contributed by atoms with Crippen LogP contribution in [-0.4, -0.2) is 0 Å². The molecule has 0 bridgehead atoms. The Kier molecular flexibility index (Phi) is 6.39. The van der Waals surface area contributed by atoms with Gasteiger partial charge in [-0.05, 0) is 76.2 Å². The molecule has 0 aliphatic heterocycles. The molecule has 3 heteroatoms. The summed E-state index contributed by atoms with van der Waals surface area (Å²) in [4.78, 5) is 2.34. The normalized spacial score (nSPS) is 11.7. The van der Waals surface area contributed by atoms with Crippen LogP contribution in [0.4, 0.5) is 17.1 Å². The molecule has 0 unspecified atom stereocenters. The molecular weight excluding hydrogens is 615 g/mol. The highest BCUT2D eigenvalue weighted by Crippen LogP contribution is 2.44. The average Bonchev–Trinajstić information content (AvgIpc) is 3.74. The van der Waals surface area contributed by atoms with Crippen molar-refractivity contribution >= 4 is 81.3 Å². The van der Waals surface area contributed by atoms with Gasteiger partial charge in [0, 0.05) is 42.0 Å². The van der Waals surface area contributed by atoms with Crippen molar-refractivity contribution in [3.05, 3.63) is 176 Å². The van der Waals surface area contributed by atoms with Crippen molar-refractivity contribution in [1.29, 1.82) is 0 Å². The van der Waals surface area contributed by atoms with Crippen molar-refractivity contribution in [1.82, 2.24) is 0 Å². The SMILES string of the molecule is c1ccc2c(N(c3ccc(-c4ccc(-c5ccc6sc7ccccc7c6c5)cc4)cc3)c3cccc4c3oc3ccccc34)cccc2c1. The maximum absolute atomic E-state index is 6.56. The van der Waals surface area contributed by atoms with Crippen molar-refractivity contribution in [2.24, 2.45) is 0 Å². The standard InChI is InChI=1S/C46H29NOS/c1-2-11-36-33(9-1)10-7-15-41(36)47(42-16-8-14-39-37-12-3-5-17-43(37)48-46(39)42)35-26-23-31(24-27-35)30-19-21-32(22-20-30)34-25-28-45-40(29-34)38-13-4-6-18-44(38)49-45/h1-29H. The first-order valence-corrected chi connectivity index (χ1v) is 17.4.